The Morgan fingerprint density at radius 1 is 0.514 bits per heavy atom. The van der Waals surface area contributed by atoms with Crippen LogP contribution >= 0.6 is 0 Å². The first-order chi connectivity index (χ1) is 17.3. The van der Waals surface area contributed by atoms with Crippen LogP contribution in [0, 0.1) is 0 Å². The Labute approximate surface area is 220 Å². The zero-order chi connectivity index (χ0) is 25.5. The minimum absolute atomic E-state index is 0.330. The summed E-state index contributed by atoms with van der Waals surface area (Å²) in [5, 5.41) is 12.2. The van der Waals surface area contributed by atoms with Crippen molar-refractivity contribution in [3.05, 3.63) is 12.2 Å². The summed E-state index contributed by atoms with van der Waals surface area (Å²) in [5.74, 6) is -0.662. The van der Waals surface area contributed by atoms with Crippen LogP contribution in [0.4, 0.5) is 0 Å². The van der Waals surface area contributed by atoms with E-state index in [1.54, 1.807) is 0 Å². The van der Waals surface area contributed by atoms with E-state index in [0.717, 1.165) is 12.8 Å². The highest BCUT2D eigenvalue weighted by Gasteiger charge is 1.97. The Bertz CT molecular complexity index is 435. The van der Waals surface area contributed by atoms with E-state index in [0.29, 0.717) is 6.42 Å². The van der Waals surface area contributed by atoms with Crippen molar-refractivity contribution in [2.24, 2.45) is 0 Å². The van der Waals surface area contributed by atoms with Gasteiger partial charge in [0.1, 0.15) is 0 Å². The van der Waals surface area contributed by atoms with E-state index >= 15 is 0 Å². The van der Waals surface area contributed by atoms with Gasteiger partial charge in [0.05, 0.1) is 0 Å². The topological polar surface area (TPSA) is 49.3 Å². The van der Waals surface area contributed by atoms with Gasteiger partial charge in [0.2, 0.25) is 0 Å². The SMILES string of the molecule is CCCCCCCCCCCCCCNCCCCCCCCC=CCCCCCCCC(=O)O. The van der Waals surface area contributed by atoms with Crippen LogP contribution in [0.1, 0.15) is 174 Å². The number of hydrogen-bond acceptors (Lipinski definition) is 2. The van der Waals surface area contributed by atoms with Crippen LogP contribution in [0.5, 0.6) is 0 Å². The maximum Gasteiger partial charge on any atom is 0.303 e. The lowest BCUT2D eigenvalue weighted by atomic mass is 10.1. The van der Waals surface area contributed by atoms with E-state index < -0.39 is 5.97 Å². The predicted octanol–water partition coefficient (Wildman–Crippen LogP) is 10.4. The van der Waals surface area contributed by atoms with Crippen molar-refractivity contribution >= 4 is 5.97 Å². The zero-order valence-electron chi connectivity index (χ0n) is 23.8. The zero-order valence-corrected chi connectivity index (χ0v) is 23.8. The molecule has 3 nitrogen and oxygen atoms in total. The molecule has 0 aliphatic heterocycles. The molecule has 0 bridgehead atoms. The van der Waals surface area contributed by atoms with Crippen LogP contribution in [0.25, 0.3) is 0 Å². The molecule has 3 heteroatoms. The third kappa shape index (κ3) is 33.2. The molecule has 0 aromatic rings. The maximum absolute atomic E-state index is 10.4. The summed E-state index contributed by atoms with van der Waals surface area (Å²) in [6, 6.07) is 0. The number of carboxylic acid groups (broad SMARTS) is 1. The van der Waals surface area contributed by atoms with Crippen LogP contribution < -0.4 is 5.32 Å². The molecule has 0 amide bonds. The normalized spacial score (nSPS) is 11.6. The first-order valence-electron chi connectivity index (χ1n) is 15.8. The average Bonchev–Trinajstić information content (AvgIpc) is 2.85. The van der Waals surface area contributed by atoms with Crippen molar-refractivity contribution < 1.29 is 9.90 Å². The van der Waals surface area contributed by atoms with Crippen molar-refractivity contribution in [3.63, 3.8) is 0 Å². The quantitative estimate of drug-likeness (QED) is 0.0772. The number of nitrogens with one attached hydrogen (secondary N) is 1. The van der Waals surface area contributed by atoms with Crippen molar-refractivity contribution in [3.8, 4) is 0 Å². The second kappa shape index (κ2) is 31.2. The number of hydrogen-bond donors (Lipinski definition) is 2. The van der Waals surface area contributed by atoms with Crippen molar-refractivity contribution in [1.82, 2.24) is 5.32 Å². The second-order valence-electron chi connectivity index (χ2n) is 10.7. The van der Waals surface area contributed by atoms with Crippen LogP contribution in [-0.2, 0) is 4.79 Å². The molecule has 0 aliphatic carbocycles. The maximum atomic E-state index is 10.4. The highest BCUT2D eigenvalue weighted by Crippen LogP contribution is 2.12. The summed E-state index contributed by atoms with van der Waals surface area (Å²) < 4.78 is 0. The average molecular weight is 494 g/mol. The van der Waals surface area contributed by atoms with Crippen LogP contribution in [0.2, 0.25) is 0 Å². The lowest BCUT2D eigenvalue weighted by Gasteiger charge is -2.05. The fourth-order valence-corrected chi connectivity index (χ4v) is 4.74. The van der Waals surface area contributed by atoms with Gasteiger partial charge in [0, 0.05) is 6.42 Å². The van der Waals surface area contributed by atoms with Crippen LogP contribution in [-0.4, -0.2) is 24.2 Å². The number of unbranched alkanes of at least 4 members (excludes halogenated alkanes) is 22. The summed E-state index contributed by atoms with van der Waals surface area (Å²) >= 11 is 0. The molecule has 0 unspecified atom stereocenters. The fourth-order valence-electron chi connectivity index (χ4n) is 4.74. The second-order valence-corrected chi connectivity index (χ2v) is 10.7. The minimum Gasteiger partial charge on any atom is -0.481 e. The molecule has 2 N–H and O–H groups in total. The van der Waals surface area contributed by atoms with Gasteiger partial charge in [0.25, 0.3) is 0 Å². The van der Waals surface area contributed by atoms with Gasteiger partial charge >= 0.3 is 5.97 Å². The highest BCUT2D eigenvalue weighted by molar-refractivity contribution is 5.66. The number of allylic oxidation sites excluding steroid dienone is 2. The number of rotatable bonds is 30. The number of carboxylic acids is 1. The molecule has 0 fully saturated rings. The molecule has 208 valence electrons. The van der Waals surface area contributed by atoms with Gasteiger partial charge in [0.15, 0.2) is 0 Å². The first-order valence-corrected chi connectivity index (χ1v) is 15.8. The highest BCUT2D eigenvalue weighted by atomic mass is 16.4. The van der Waals surface area contributed by atoms with Gasteiger partial charge < -0.3 is 10.4 Å². The fraction of sp³-hybridized carbons (Fsp3) is 0.906. The van der Waals surface area contributed by atoms with E-state index in [1.807, 2.05) is 0 Å². The monoisotopic (exact) mass is 493 g/mol. The molecule has 0 saturated heterocycles. The van der Waals surface area contributed by atoms with Crippen LogP contribution in [0.3, 0.4) is 0 Å². The van der Waals surface area contributed by atoms with E-state index in [4.69, 9.17) is 5.11 Å². The molecule has 0 aliphatic rings. The Kier molecular flexibility index (Phi) is 30.5. The molecular weight excluding hydrogens is 430 g/mol. The summed E-state index contributed by atoms with van der Waals surface area (Å²) in [6.45, 7) is 4.72. The molecule has 0 saturated carbocycles. The van der Waals surface area contributed by atoms with E-state index in [1.165, 1.54) is 161 Å². The predicted molar refractivity (Wildman–Crippen MR) is 155 cm³/mol. The molecular formula is C32H63NO2. The molecule has 0 heterocycles. The molecule has 0 radical (unpaired) electrons. The summed E-state index contributed by atoms with van der Waals surface area (Å²) in [7, 11) is 0. The molecule has 0 aromatic carbocycles. The van der Waals surface area contributed by atoms with Gasteiger partial charge in [-0.1, -0.05) is 135 Å². The van der Waals surface area contributed by atoms with E-state index in [9.17, 15) is 4.79 Å². The number of carbonyl (C=O) groups is 1. The van der Waals surface area contributed by atoms with E-state index in [2.05, 4.69) is 24.4 Å². The lowest BCUT2D eigenvalue weighted by Crippen LogP contribution is -2.16. The Hall–Kier alpha value is -0.830. The Balaban J connectivity index is 3.07. The molecule has 0 aromatic heterocycles. The summed E-state index contributed by atoms with van der Waals surface area (Å²) in [6.07, 6.45) is 38.4. The summed E-state index contributed by atoms with van der Waals surface area (Å²) in [4.78, 5) is 10.4. The van der Waals surface area contributed by atoms with Gasteiger partial charge in [-0.15, -0.1) is 0 Å². The third-order valence-corrected chi connectivity index (χ3v) is 7.11. The smallest absolute Gasteiger partial charge is 0.303 e. The standard InChI is InChI=1S/C32H63NO2/c1-2-3-4-5-6-7-8-15-18-21-24-27-30-33-31-28-25-22-19-16-13-11-9-10-12-14-17-20-23-26-29-32(34)35/h9-10,33H,2-8,11-31H2,1H3,(H,34,35). The van der Waals surface area contributed by atoms with Gasteiger partial charge in [-0.3, -0.25) is 4.79 Å². The molecule has 0 spiro atoms. The van der Waals surface area contributed by atoms with E-state index in [-0.39, 0.29) is 0 Å². The third-order valence-electron chi connectivity index (χ3n) is 7.11. The Morgan fingerprint density at radius 3 is 1.26 bits per heavy atom. The molecule has 35 heavy (non-hydrogen) atoms. The van der Waals surface area contributed by atoms with Crippen molar-refractivity contribution in [2.75, 3.05) is 13.1 Å². The molecule has 0 atom stereocenters. The van der Waals surface area contributed by atoms with Crippen molar-refractivity contribution in [1.29, 1.82) is 0 Å². The van der Waals surface area contributed by atoms with Crippen molar-refractivity contribution in [2.45, 2.75) is 174 Å². The number of aliphatic carboxylic acids is 1. The lowest BCUT2D eigenvalue weighted by molar-refractivity contribution is -0.137. The van der Waals surface area contributed by atoms with Gasteiger partial charge in [-0.2, -0.15) is 0 Å². The molecule has 0 rings (SSSR count). The van der Waals surface area contributed by atoms with Gasteiger partial charge in [-0.25, -0.2) is 0 Å². The first kappa shape index (κ1) is 34.2. The Morgan fingerprint density at radius 2 is 0.857 bits per heavy atom. The van der Waals surface area contributed by atoms with Crippen LogP contribution in [0.15, 0.2) is 12.2 Å². The minimum atomic E-state index is -0.662. The largest absolute Gasteiger partial charge is 0.481 e. The summed E-state index contributed by atoms with van der Waals surface area (Å²) in [5.41, 5.74) is 0. The van der Waals surface area contributed by atoms with Gasteiger partial charge in [-0.05, 0) is 58.0 Å².